The summed E-state index contributed by atoms with van der Waals surface area (Å²) in [7, 11) is 1.74. The largest absolute Gasteiger partial charge is 0.508 e. The van der Waals surface area contributed by atoms with Gasteiger partial charge >= 0.3 is 12.1 Å². The quantitative estimate of drug-likeness (QED) is 0.146. The van der Waals surface area contributed by atoms with Crippen LogP contribution in [0.4, 0.5) is 30.8 Å². The van der Waals surface area contributed by atoms with E-state index >= 15 is 0 Å². The molecule has 0 radical (unpaired) electrons. The first kappa shape index (κ1) is 35.4. The van der Waals surface area contributed by atoms with Crippen LogP contribution in [0.15, 0.2) is 61.4 Å². The molecule has 0 unspecified atom stereocenters. The molecule has 4 heterocycles. The van der Waals surface area contributed by atoms with Crippen LogP contribution in [0.25, 0.3) is 10.8 Å². The molecule has 53 heavy (non-hydrogen) atoms. The van der Waals surface area contributed by atoms with E-state index in [2.05, 4.69) is 32.8 Å². The normalized spacial score (nSPS) is 20.4. The van der Waals surface area contributed by atoms with Gasteiger partial charge in [0.1, 0.15) is 30.0 Å². The molecule has 3 aliphatic rings. The number of aromatic nitrogens is 3. The fraction of sp³-hybridized carbons (Fsp3) is 0.359. The van der Waals surface area contributed by atoms with Gasteiger partial charge in [0.25, 0.3) is 0 Å². The molecule has 2 fully saturated rings. The summed E-state index contributed by atoms with van der Waals surface area (Å²) in [6, 6.07) is 8.95. The number of likely N-dealkylation sites (N-methyl/N-ethyl adjacent to an activating group) is 1. The number of aromatic hydroxyl groups is 1. The van der Waals surface area contributed by atoms with Crippen LogP contribution < -0.4 is 24.6 Å². The Kier molecular flexibility index (Phi) is 9.27. The van der Waals surface area contributed by atoms with Crippen LogP contribution in [0.5, 0.6) is 17.5 Å². The first-order chi connectivity index (χ1) is 25.4. The van der Waals surface area contributed by atoms with Crippen molar-refractivity contribution in [2.75, 3.05) is 41.9 Å². The van der Waals surface area contributed by atoms with Gasteiger partial charge in [0, 0.05) is 56.1 Å². The van der Waals surface area contributed by atoms with Crippen molar-refractivity contribution >= 4 is 40.0 Å². The number of nitrogens with one attached hydrogen (secondary N) is 1. The number of nitrogens with zero attached hydrogens (tertiary/aromatic N) is 6. The molecule has 4 aromatic rings. The highest BCUT2D eigenvalue weighted by molar-refractivity contribution is 6.06. The summed E-state index contributed by atoms with van der Waals surface area (Å²) in [5.41, 5.74) is -0.264. The van der Waals surface area contributed by atoms with Gasteiger partial charge in [0.2, 0.25) is 5.91 Å². The summed E-state index contributed by atoms with van der Waals surface area (Å²) < 4.78 is 42.1. The molecule has 1 saturated carbocycles. The van der Waals surface area contributed by atoms with Gasteiger partial charge in [-0.2, -0.15) is 9.97 Å². The molecule has 12 nitrogen and oxygen atoms in total. The van der Waals surface area contributed by atoms with Crippen LogP contribution in [0, 0.1) is 18.2 Å². The van der Waals surface area contributed by atoms with Crippen LogP contribution >= 0.6 is 0 Å². The second-order valence-electron chi connectivity index (χ2n) is 14.0. The molecular formula is C39H39F2N7O5. The van der Waals surface area contributed by atoms with E-state index in [1.54, 1.807) is 24.3 Å². The first-order valence-electron chi connectivity index (χ1n) is 17.4. The van der Waals surface area contributed by atoms with Crippen molar-refractivity contribution in [3.05, 3.63) is 78.5 Å². The van der Waals surface area contributed by atoms with Gasteiger partial charge in [-0.05, 0) is 55.5 Å². The molecule has 2 amide bonds. The van der Waals surface area contributed by atoms with Gasteiger partial charge in [0.15, 0.2) is 11.6 Å². The number of benzene rings is 2. The second-order valence-corrected chi connectivity index (χ2v) is 14.0. The molecule has 7 rings (SSSR count). The summed E-state index contributed by atoms with van der Waals surface area (Å²) >= 11 is 0. The number of carbonyl (C=O) groups is 2. The fourth-order valence-corrected chi connectivity index (χ4v) is 7.82. The Balaban J connectivity index is 1.27. The molecule has 2 aromatic carbocycles. The average molecular weight is 724 g/mol. The molecule has 2 aliphatic heterocycles. The number of phenolic OH excluding ortho intramolecular Hbond substituents is 1. The van der Waals surface area contributed by atoms with E-state index in [-0.39, 0.29) is 84.2 Å². The lowest BCUT2D eigenvalue weighted by molar-refractivity contribution is -0.129. The predicted octanol–water partition coefficient (Wildman–Crippen LogP) is 6.12. The lowest BCUT2D eigenvalue weighted by atomic mass is 9.95. The molecule has 2 aromatic heterocycles. The average Bonchev–Trinajstić information content (AvgIpc) is 3.76. The number of pyridine rings is 1. The Morgan fingerprint density at radius 1 is 1.25 bits per heavy atom. The minimum absolute atomic E-state index is 0.0139. The third kappa shape index (κ3) is 6.52. The number of amides is 2. The zero-order valence-electron chi connectivity index (χ0n) is 29.4. The van der Waals surface area contributed by atoms with Crippen molar-refractivity contribution < 1.29 is 33.0 Å². The number of hydrogen-bond donors (Lipinski definition) is 2. The summed E-state index contributed by atoms with van der Waals surface area (Å²) in [5, 5.41) is 14.6. The van der Waals surface area contributed by atoms with Gasteiger partial charge in [-0.3, -0.25) is 14.7 Å². The molecule has 0 spiro atoms. The third-order valence-electron chi connectivity index (χ3n) is 10.6. The first-order valence-corrected chi connectivity index (χ1v) is 17.4. The molecule has 14 heteroatoms. The number of rotatable bonds is 10. The lowest BCUT2D eigenvalue weighted by Crippen LogP contribution is -2.51. The molecule has 1 saturated heterocycles. The predicted molar refractivity (Wildman–Crippen MR) is 195 cm³/mol. The number of hydrogen-bond acceptors (Lipinski definition) is 10. The van der Waals surface area contributed by atoms with E-state index in [1.165, 1.54) is 35.2 Å². The Morgan fingerprint density at radius 2 is 2.00 bits per heavy atom. The molecule has 0 bridgehead atoms. The van der Waals surface area contributed by atoms with Crippen molar-refractivity contribution in [3.8, 4) is 29.9 Å². The summed E-state index contributed by atoms with van der Waals surface area (Å²) in [5.74, 6) is 1.50. The topological polar surface area (TPSA) is 133 Å². The maximum absolute atomic E-state index is 15.0. The molecule has 1 aliphatic carbocycles. The van der Waals surface area contributed by atoms with Gasteiger partial charge in [-0.15, -0.1) is 6.42 Å². The smallest absolute Gasteiger partial charge is 0.420 e. The fourth-order valence-electron chi connectivity index (χ4n) is 7.82. The Morgan fingerprint density at radius 3 is 2.72 bits per heavy atom. The Labute approximate surface area is 305 Å². The standard InChI is InChI=1S/C39H39F2N7O5/c1-5-28-29(41)10-9-24-17-27(49)18-31(33(24)28)47-21-30-34(53-37(47)51)35(43-22-39(13-7-8-14-39)46(4)32(50)6-2)45-36(44-30)52-23-38(3)19-25(40)20-48(38)26-11-15-42-16-12-26/h1,6,9-12,15-18,25,49H,2,7-8,13-14,19-23H2,3-4H3,(H,43,44,45)/t25-,38+/m1/s1. The van der Waals surface area contributed by atoms with Crippen LogP contribution in [0.2, 0.25) is 0 Å². The van der Waals surface area contributed by atoms with E-state index in [4.69, 9.17) is 15.9 Å². The maximum Gasteiger partial charge on any atom is 0.420 e. The number of ether oxygens (including phenoxy) is 2. The zero-order chi connectivity index (χ0) is 37.5. The number of halogens is 2. The third-order valence-corrected chi connectivity index (χ3v) is 10.6. The van der Waals surface area contributed by atoms with E-state index in [0.29, 0.717) is 5.39 Å². The van der Waals surface area contributed by atoms with Gasteiger partial charge in [0.05, 0.1) is 28.9 Å². The van der Waals surface area contributed by atoms with Crippen LogP contribution in [0.3, 0.4) is 0 Å². The van der Waals surface area contributed by atoms with Crippen LogP contribution in [-0.2, 0) is 11.3 Å². The number of alkyl halides is 1. The minimum Gasteiger partial charge on any atom is -0.508 e. The van der Waals surface area contributed by atoms with Crippen LogP contribution in [-0.4, -0.2) is 81.0 Å². The SMILES string of the molecule is C#Cc1c(F)ccc2cc(O)cc(N3Cc4nc(OC[C@]5(C)C[C@@H](F)CN5c5ccncc5)nc(NCC5(N(C)C(=O)C=C)CCCC5)c4OC3=O)c12. The molecular weight excluding hydrogens is 684 g/mol. The number of carbonyl (C=O) groups excluding carboxylic acids is 2. The molecule has 2 N–H and O–H groups in total. The van der Waals surface area contributed by atoms with Crippen molar-refractivity contribution in [3.63, 3.8) is 0 Å². The van der Waals surface area contributed by atoms with E-state index in [9.17, 15) is 23.5 Å². The number of anilines is 3. The van der Waals surface area contributed by atoms with Gasteiger partial charge in [-0.25, -0.2) is 13.6 Å². The monoisotopic (exact) mass is 723 g/mol. The summed E-state index contributed by atoms with van der Waals surface area (Å²) in [6.45, 7) is 5.82. The van der Waals surface area contributed by atoms with Crippen molar-refractivity contribution in [1.29, 1.82) is 0 Å². The maximum atomic E-state index is 15.0. The van der Waals surface area contributed by atoms with Crippen molar-refractivity contribution in [1.82, 2.24) is 19.9 Å². The number of phenols is 1. The minimum atomic E-state index is -1.10. The van der Waals surface area contributed by atoms with E-state index < -0.39 is 29.2 Å². The van der Waals surface area contributed by atoms with Gasteiger partial charge < -0.3 is 29.7 Å². The Bertz CT molecular complexity index is 2140. The highest BCUT2D eigenvalue weighted by atomic mass is 19.1. The zero-order valence-corrected chi connectivity index (χ0v) is 29.4. The molecule has 2 atom stereocenters. The highest BCUT2D eigenvalue weighted by Crippen LogP contribution is 2.42. The lowest BCUT2D eigenvalue weighted by Gasteiger charge is -2.39. The van der Waals surface area contributed by atoms with E-state index in [0.717, 1.165) is 31.4 Å². The van der Waals surface area contributed by atoms with Crippen molar-refractivity contribution in [2.45, 2.75) is 62.8 Å². The van der Waals surface area contributed by atoms with E-state index in [1.807, 2.05) is 24.0 Å². The highest BCUT2D eigenvalue weighted by Gasteiger charge is 2.44. The summed E-state index contributed by atoms with van der Waals surface area (Å²) in [6.07, 6.45) is 11.8. The van der Waals surface area contributed by atoms with Crippen molar-refractivity contribution in [2.24, 2.45) is 0 Å². The van der Waals surface area contributed by atoms with Crippen LogP contribution in [0.1, 0.15) is 50.3 Å². The summed E-state index contributed by atoms with van der Waals surface area (Å²) in [4.78, 5) is 44.8. The second kappa shape index (κ2) is 13.9. The Hall–Kier alpha value is -5.97. The van der Waals surface area contributed by atoms with Gasteiger partial charge in [-0.1, -0.05) is 31.4 Å². The molecule has 274 valence electrons. The number of fused-ring (bicyclic) bond motifs is 2. The number of terminal acetylenes is 1.